The number of aryl methyl sites for hydroxylation is 2. The summed E-state index contributed by atoms with van der Waals surface area (Å²) >= 11 is 0. The number of hydrogen-bond acceptors (Lipinski definition) is 9. The minimum absolute atomic E-state index is 0.161. The average molecular weight is 508 g/mol. The van der Waals surface area contributed by atoms with Crippen LogP contribution in [0.15, 0.2) is 35.5 Å². The number of nitrogens with zero attached hydrogens (tertiary/aromatic N) is 8. The fourth-order valence-corrected chi connectivity index (χ4v) is 6.09. The van der Waals surface area contributed by atoms with Crippen LogP contribution in [0.2, 0.25) is 0 Å². The maximum atomic E-state index is 13.4. The summed E-state index contributed by atoms with van der Waals surface area (Å²) in [6.07, 6.45) is 2.03. The second-order valence-corrected chi connectivity index (χ2v) is 10.7. The van der Waals surface area contributed by atoms with Crippen molar-refractivity contribution in [1.29, 1.82) is 5.26 Å². The molecule has 4 heterocycles. The predicted molar refractivity (Wildman–Crippen MR) is 132 cm³/mol. The Labute approximate surface area is 208 Å². The zero-order valence-corrected chi connectivity index (χ0v) is 20.7. The molecule has 0 aliphatic carbocycles. The summed E-state index contributed by atoms with van der Waals surface area (Å²) in [5.41, 5.74) is 8.61. The molecular formula is C23H25N9O3S. The Morgan fingerprint density at radius 2 is 1.86 bits per heavy atom. The second kappa shape index (κ2) is 8.89. The highest BCUT2D eigenvalue weighted by molar-refractivity contribution is 7.89. The van der Waals surface area contributed by atoms with Gasteiger partial charge in [0.05, 0.1) is 11.2 Å². The zero-order valence-electron chi connectivity index (χ0n) is 19.9. The van der Waals surface area contributed by atoms with E-state index in [0.29, 0.717) is 49.1 Å². The minimum Gasteiger partial charge on any atom is -0.382 e. The summed E-state index contributed by atoms with van der Waals surface area (Å²) in [7, 11) is -2.02. The minimum atomic E-state index is -3.73. The quantitative estimate of drug-likeness (QED) is 0.537. The third kappa shape index (κ3) is 4.04. The number of hydrogen-bond donors (Lipinski definition) is 1. The van der Waals surface area contributed by atoms with E-state index in [1.54, 1.807) is 47.7 Å². The van der Waals surface area contributed by atoms with E-state index in [1.165, 1.54) is 10.6 Å². The first-order valence-corrected chi connectivity index (χ1v) is 12.9. The highest BCUT2D eigenvalue weighted by Gasteiger charge is 2.33. The lowest BCUT2D eigenvalue weighted by Gasteiger charge is -2.34. The van der Waals surface area contributed by atoms with E-state index in [4.69, 9.17) is 11.0 Å². The number of anilines is 3. The van der Waals surface area contributed by atoms with Gasteiger partial charge in [-0.25, -0.2) is 23.4 Å². The van der Waals surface area contributed by atoms with Crippen molar-refractivity contribution < 1.29 is 13.2 Å². The van der Waals surface area contributed by atoms with E-state index in [0.717, 1.165) is 5.56 Å². The van der Waals surface area contributed by atoms with E-state index in [9.17, 15) is 13.2 Å². The summed E-state index contributed by atoms with van der Waals surface area (Å²) in [5.74, 6) is 0.324. The molecule has 13 heteroatoms. The summed E-state index contributed by atoms with van der Waals surface area (Å²) in [6.45, 7) is 3.58. The Hall–Kier alpha value is -4.02. The van der Waals surface area contributed by atoms with E-state index in [-0.39, 0.29) is 35.4 Å². The molecule has 0 atom stereocenters. The van der Waals surface area contributed by atoms with Gasteiger partial charge in [0.25, 0.3) is 5.91 Å². The van der Waals surface area contributed by atoms with E-state index in [1.807, 2.05) is 11.0 Å². The van der Waals surface area contributed by atoms with Gasteiger partial charge in [-0.15, -0.1) is 0 Å². The smallest absolute Gasteiger partial charge is 0.278 e. The number of nitrogens with two attached hydrogens (primary N) is 1. The highest BCUT2D eigenvalue weighted by atomic mass is 32.2. The van der Waals surface area contributed by atoms with Crippen molar-refractivity contribution in [2.75, 3.05) is 48.3 Å². The van der Waals surface area contributed by atoms with E-state index < -0.39 is 10.0 Å². The molecule has 2 aliphatic rings. The Balaban J connectivity index is 1.32. The number of sulfonamides is 1. The number of amides is 1. The Kier molecular flexibility index (Phi) is 5.85. The van der Waals surface area contributed by atoms with Gasteiger partial charge in [0.2, 0.25) is 16.0 Å². The lowest BCUT2D eigenvalue weighted by Crippen LogP contribution is -2.49. The molecule has 1 amide bonds. The summed E-state index contributed by atoms with van der Waals surface area (Å²) in [6, 6.07) is 8.51. The van der Waals surface area contributed by atoms with Gasteiger partial charge < -0.3 is 20.1 Å². The van der Waals surface area contributed by atoms with Crippen molar-refractivity contribution in [1.82, 2.24) is 23.8 Å². The molecule has 3 aromatic rings. The van der Waals surface area contributed by atoms with Crippen LogP contribution in [-0.2, 0) is 23.5 Å². The van der Waals surface area contributed by atoms with Gasteiger partial charge >= 0.3 is 0 Å². The Bertz CT molecular complexity index is 1480. The number of nitrogen functional groups attached to an aromatic ring is 1. The van der Waals surface area contributed by atoms with Crippen LogP contribution in [0.5, 0.6) is 0 Å². The van der Waals surface area contributed by atoms with Crippen LogP contribution in [-0.4, -0.2) is 70.9 Å². The Morgan fingerprint density at radius 1 is 1.11 bits per heavy atom. The third-order valence-corrected chi connectivity index (χ3v) is 8.37. The van der Waals surface area contributed by atoms with Gasteiger partial charge in [-0.05, 0) is 43.2 Å². The maximum absolute atomic E-state index is 13.4. The number of piperazine rings is 1. The van der Waals surface area contributed by atoms with Crippen molar-refractivity contribution in [2.45, 2.75) is 18.2 Å². The molecule has 186 valence electrons. The van der Waals surface area contributed by atoms with Gasteiger partial charge in [0.15, 0.2) is 11.5 Å². The van der Waals surface area contributed by atoms with Crippen molar-refractivity contribution >= 4 is 33.4 Å². The first-order valence-electron chi connectivity index (χ1n) is 11.4. The summed E-state index contributed by atoms with van der Waals surface area (Å²) in [5, 5.41) is 9.17. The molecule has 2 aromatic heterocycles. The van der Waals surface area contributed by atoms with Crippen LogP contribution >= 0.6 is 0 Å². The summed E-state index contributed by atoms with van der Waals surface area (Å²) < 4.78 is 29.8. The number of fused-ring (bicyclic) bond motifs is 1. The number of carbonyl (C=O) groups excluding carboxylic acids is 1. The summed E-state index contributed by atoms with van der Waals surface area (Å²) in [4.78, 5) is 29.4. The molecule has 12 nitrogen and oxygen atoms in total. The molecule has 1 aromatic carbocycles. The van der Waals surface area contributed by atoms with Crippen LogP contribution in [0.1, 0.15) is 27.4 Å². The molecular weight excluding hydrogens is 482 g/mol. The monoisotopic (exact) mass is 507 g/mol. The maximum Gasteiger partial charge on any atom is 0.278 e. The second-order valence-electron chi connectivity index (χ2n) is 8.78. The molecule has 0 spiro atoms. The first-order chi connectivity index (χ1) is 17.2. The van der Waals surface area contributed by atoms with Gasteiger partial charge in [-0.3, -0.25) is 4.79 Å². The van der Waals surface area contributed by atoms with Gasteiger partial charge in [-0.1, -0.05) is 0 Å². The molecule has 1 fully saturated rings. The normalized spacial score (nSPS) is 16.1. The first kappa shape index (κ1) is 23.7. The lowest BCUT2D eigenvalue weighted by molar-refractivity contribution is 0.0982. The lowest BCUT2D eigenvalue weighted by atomic mass is 10.2. The highest BCUT2D eigenvalue weighted by Crippen LogP contribution is 2.33. The number of imidazole rings is 1. The van der Waals surface area contributed by atoms with E-state index >= 15 is 0 Å². The molecule has 2 aliphatic heterocycles. The molecule has 5 rings (SSSR count). The van der Waals surface area contributed by atoms with Crippen LogP contribution in [0.3, 0.4) is 0 Å². The predicted octanol–water partition coefficient (Wildman–Crippen LogP) is 0.686. The fraction of sp³-hybridized carbons (Fsp3) is 0.348. The zero-order chi connectivity index (χ0) is 25.6. The van der Waals surface area contributed by atoms with E-state index in [2.05, 4.69) is 15.0 Å². The molecule has 0 unspecified atom stereocenters. The van der Waals surface area contributed by atoms with Crippen molar-refractivity contribution in [3.8, 4) is 6.07 Å². The number of aromatic nitrogens is 4. The largest absolute Gasteiger partial charge is 0.382 e. The number of benzene rings is 1. The molecule has 36 heavy (non-hydrogen) atoms. The molecule has 1 saturated heterocycles. The Morgan fingerprint density at radius 3 is 2.53 bits per heavy atom. The number of carbonyl (C=O) groups is 1. The number of rotatable bonds is 4. The topological polar surface area (TPSA) is 154 Å². The molecule has 0 bridgehead atoms. The fourth-order valence-electron chi connectivity index (χ4n) is 4.62. The van der Waals surface area contributed by atoms with Gasteiger partial charge in [0.1, 0.15) is 11.8 Å². The number of nitriles is 1. The average Bonchev–Trinajstić information content (AvgIpc) is 3.45. The molecule has 0 saturated carbocycles. The SMILES string of the molecule is Cc1cc(C#N)nc(N2CCN(S(=O)(=O)c3ccc4c(c3)CCN4C(=O)c3c(N)ncn3C)CC2)n1. The van der Waals surface area contributed by atoms with Crippen molar-refractivity contribution in [3.05, 3.63) is 53.2 Å². The van der Waals surface area contributed by atoms with Crippen LogP contribution in [0.25, 0.3) is 0 Å². The van der Waals surface area contributed by atoms with Gasteiger partial charge in [0, 0.05) is 51.2 Å². The van der Waals surface area contributed by atoms with Crippen molar-refractivity contribution in [2.24, 2.45) is 7.05 Å². The molecule has 0 radical (unpaired) electrons. The standard InChI is InChI=1S/C23H25N9O3S/c1-15-11-17(13-24)28-23(27-15)30-7-9-31(10-8-30)36(34,35)18-3-4-19-16(12-18)5-6-32(19)22(33)20-21(25)26-14-29(20)2/h3-4,11-12,14H,5-10,25H2,1-2H3. The van der Waals surface area contributed by atoms with Crippen molar-refractivity contribution in [3.63, 3.8) is 0 Å². The third-order valence-electron chi connectivity index (χ3n) is 6.48. The van der Waals surface area contributed by atoms with Crippen LogP contribution in [0.4, 0.5) is 17.5 Å². The molecule has 2 N–H and O–H groups in total. The van der Waals surface area contributed by atoms with Crippen LogP contribution in [0, 0.1) is 18.3 Å². The van der Waals surface area contributed by atoms with Crippen LogP contribution < -0.4 is 15.5 Å². The van der Waals surface area contributed by atoms with Gasteiger partial charge in [-0.2, -0.15) is 9.57 Å².